The number of anilines is 2. The van der Waals surface area contributed by atoms with E-state index >= 15 is 0 Å². The minimum absolute atomic E-state index is 0.0602. The van der Waals surface area contributed by atoms with Crippen LogP contribution in [-0.2, 0) is 45.1 Å². The van der Waals surface area contributed by atoms with Crippen molar-refractivity contribution in [2.24, 2.45) is 16.2 Å². The van der Waals surface area contributed by atoms with Crippen LogP contribution in [0.3, 0.4) is 0 Å². The van der Waals surface area contributed by atoms with Gasteiger partial charge in [-0.1, -0.05) is 33.8 Å². The van der Waals surface area contributed by atoms with E-state index in [9.17, 15) is 37.2 Å². The number of nitrogens with one attached hydrogen (secondary N) is 4. The lowest BCUT2D eigenvalue weighted by Crippen LogP contribution is -2.54. The van der Waals surface area contributed by atoms with E-state index in [0.717, 1.165) is 0 Å². The Kier molecular flexibility index (Phi) is 13.0. The number of carbonyl (C=O) groups is 6. The first-order valence-corrected chi connectivity index (χ1v) is 20.0. The molecule has 18 heteroatoms. The third-order valence-corrected chi connectivity index (χ3v) is 11.4. The van der Waals surface area contributed by atoms with Crippen LogP contribution in [0.15, 0.2) is 51.8 Å². The number of benzene rings is 2. The zero-order valence-corrected chi connectivity index (χ0v) is 33.1. The van der Waals surface area contributed by atoms with E-state index in [1.54, 1.807) is 64.1 Å². The van der Waals surface area contributed by atoms with Crippen LogP contribution in [0.5, 0.6) is 0 Å². The number of methoxy groups -OCH3 is 2. The Morgan fingerprint density at radius 1 is 0.804 bits per heavy atom. The summed E-state index contributed by atoms with van der Waals surface area (Å²) in [6.07, 6.45) is 0.509. The van der Waals surface area contributed by atoms with Crippen LogP contribution in [-0.4, -0.2) is 111 Å². The van der Waals surface area contributed by atoms with Gasteiger partial charge in [-0.15, -0.1) is 4.40 Å². The fourth-order valence-corrected chi connectivity index (χ4v) is 8.31. The van der Waals surface area contributed by atoms with Crippen molar-refractivity contribution in [3.63, 3.8) is 0 Å². The predicted molar refractivity (Wildman–Crippen MR) is 205 cm³/mol. The van der Waals surface area contributed by atoms with Gasteiger partial charge in [-0.3, -0.25) is 19.2 Å². The molecule has 4 atom stereocenters. The summed E-state index contributed by atoms with van der Waals surface area (Å²) in [5.74, 6) is -1.85. The van der Waals surface area contributed by atoms with Crippen molar-refractivity contribution in [1.29, 1.82) is 0 Å². The average molecular weight is 796 g/mol. The zero-order valence-electron chi connectivity index (χ0n) is 32.3. The molecule has 3 heterocycles. The van der Waals surface area contributed by atoms with Crippen LogP contribution in [0.1, 0.15) is 64.5 Å². The maximum Gasteiger partial charge on any atom is 0.407 e. The maximum absolute atomic E-state index is 13.5. The largest absolute Gasteiger partial charge is 0.453 e. The smallest absolute Gasteiger partial charge is 0.407 e. The number of alkyl carbamates (subject to hydrolysis) is 2. The molecular weight excluding hydrogens is 747 g/mol. The van der Waals surface area contributed by atoms with E-state index in [1.165, 1.54) is 30.1 Å². The number of hydrogen-bond donors (Lipinski definition) is 4. The molecule has 4 N–H and O–H groups in total. The lowest BCUT2D eigenvalue weighted by atomic mass is 9.99. The molecule has 0 aromatic heterocycles. The van der Waals surface area contributed by atoms with Gasteiger partial charge < -0.3 is 40.5 Å². The molecule has 2 fully saturated rings. The number of fused-ring (bicyclic) bond motifs is 1. The standard InChI is InChI=1S/C38H49N7O10S/c1-21(2)31(41-37(50)54-5)35(48)44-17-7-9-27(44)29(46)19-23-11-16-26-30(20-23)56(52,53)43-33(40-26)24-12-14-25(15-13-24)39-34(47)28-10-8-18-45(28)36(49)32(22(3)4)42-38(51)55-6/h11-16,20-22,27-28,31-32H,7-10,17-19H2,1-6H3,(H,39,47)(H,40,43)(H,41,50)(H,42,51)/t27-,28-,31-,32-/m0/s1. The monoisotopic (exact) mass is 795 g/mol. The van der Waals surface area contributed by atoms with Gasteiger partial charge in [0, 0.05) is 30.8 Å². The number of amides is 5. The van der Waals surface area contributed by atoms with Gasteiger partial charge in [0.2, 0.25) is 17.7 Å². The Labute approximate surface area is 326 Å². The Bertz CT molecular complexity index is 2000. The number of hydrogen-bond acceptors (Lipinski definition) is 11. The van der Waals surface area contributed by atoms with E-state index in [2.05, 4.69) is 35.1 Å². The number of carbonyl (C=O) groups excluding carboxylic acids is 6. The van der Waals surface area contributed by atoms with Crippen LogP contribution >= 0.6 is 0 Å². The summed E-state index contributed by atoms with van der Waals surface area (Å²) in [5.41, 5.74) is 1.55. The van der Waals surface area contributed by atoms with E-state index in [1.807, 2.05) is 0 Å². The second-order valence-corrected chi connectivity index (χ2v) is 16.2. The molecule has 0 radical (unpaired) electrons. The molecule has 2 aromatic carbocycles. The summed E-state index contributed by atoms with van der Waals surface area (Å²) < 4.78 is 40.2. The number of ether oxygens (including phenoxy) is 2. The Morgan fingerprint density at radius 3 is 1.88 bits per heavy atom. The molecule has 0 spiro atoms. The average Bonchev–Trinajstić information content (AvgIpc) is 3.86. The first-order valence-electron chi connectivity index (χ1n) is 18.5. The second kappa shape index (κ2) is 17.5. The Balaban J connectivity index is 1.23. The molecular formula is C38H49N7O10S. The van der Waals surface area contributed by atoms with Gasteiger partial charge in [0.05, 0.1) is 25.9 Å². The van der Waals surface area contributed by atoms with E-state index in [-0.39, 0.29) is 52.3 Å². The van der Waals surface area contributed by atoms with Gasteiger partial charge in [-0.05, 0) is 79.5 Å². The van der Waals surface area contributed by atoms with Gasteiger partial charge in [0.15, 0.2) is 11.6 Å². The van der Waals surface area contributed by atoms with Crippen molar-refractivity contribution in [3.8, 4) is 0 Å². The van der Waals surface area contributed by atoms with Crippen molar-refractivity contribution in [2.75, 3.05) is 37.9 Å². The fraction of sp³-hybridized carbons (Fsp3) is 0.500. The Morgan fingerprint density at radius 2 is 1.34 bits per heavy atom. The van der Waals surface area contributed by atoms with Crippen molar-refractivity contribution in [2.45, 2.75) is 88.9 Å². The van der Waals surface area contributed by atoms with Gasteiger partial charge in [0.25, 0.3) is 10.0 Å². The first-order chi connectivity index (χ1) is 26.5. The summed E-state index contributed by atoms with van der Waals surface area (Å²) in [6, 6.07) is 7.78. The third kappa shape index (κ3) is 9.29. The van der Waals surface area contributed by atoms with Crippen molar-refractivity contribution in [1.82, 2.24) is 20.4 Å². The molecule has 0 bridgehead atoms. The molecule has 0 aliphatic carbocycles. The van der Waals surface area contributed by atoms with Gasteiger partial charge in [0.1, 0.15) is 23.0 Å². The number of Topliss-reactive ketones (excluding diaryl/α,β-unsaturated/α-hetero) is 1. The summed E-state index contributed by atoms with van der Waals surface area (Å²) >= 11 is 0. The number of ketones is 1. The topological polar surface area (TPSA) is 222 Å². The van der Waals surface area contributed by atoms with Crippen LogP contribution in [0, 0.1) is 11.8 Å². The van der Waals surface area contributed by atoms with Gasteiger partial charge in [-0.25, -0.2) is 9.59 Å². The van der Waals surface area contributed by atoms with Crippen LogP contribution in [0.4, 0.5) is 21.0 Å². The Hall–Kier alpha value is -5.52. The third-order valence-electron chi connectivity index (χ3n) is 10.1. The zero-order chi connectivity index (χ0) is 40.9. The highest BCUT2D eigenvalue weighted by molar-refractivity contribution is 7.90. The quantitative estimate of drug-likeness (QED) is 0.245. The van der Waals surface area contributed by atoms with Gasteiger partial charge in [-0.2, -0.15) is 8.42 Å². The number of sulfonamides is 1. The SMILES string of the molecule is COC(=O)N[C@H](C(=O)N1CCC[C@H]1C(=O)Cc1ccc2c(c1)S(=O)(=O)N=C(c1ccc(NC(=O)[C@@H]3CCCN3C(=O)[C@@H](NC(=O)OC)C(C)C)cc1)N2)C(C)C. The van der Waals surface area contributed by atoms with Crippen molar-refractivity contribution in [3.05, 3.63) is 53.6 Å². The highest BCUT2D eigenvalue weighted by atomic mass is 32.2. The molecule has 0 saturated carbocycles. The molecule has 3 aliphatic rings. The summed E-state index contributed by atoms with van der Waals surface area (Å²) in [5, 5.41) is 11.0. The van der Waals surface area contributed by atoms with Gasteiger partial charge >= 0.3 is 12.2 Å². The number of nitrogens with zero attached hydrogens (tertiary/aromatic N) is 3. The molecule has 17 nitrogen and oxygen atoms in total. The fourth-order valence-electron chi connectivity index (χ4n) is 7.12. The van der Waals surface area contributed by atoms with E-state index in [0.29, 0.717) is 55.6 Å². The van der Waals surface area contributed by atoms with Crippen molar-refractivity contribution < 1.29 is 46.7 Å². The van der Waals surface area contributed by atoms with Crippen LogP contribution < -0.4 is 21.3 Å². The first kappa shape index (κ1) is 41.6. The predicted octanol–water partition coefficient (Wildman–Crippen LogP) is 3.04. The summed E-state index contributed by atoms with van der Waals surface area (Å²) in [6.45, 7) is 7.85. The van der Waals surface area contributed by atoms with E-state index in [4.69, 9.17) is 0 Å². The number of amidine groups is 1. The lowest BCUT2D eigenvalue weighted by molar-refractivity contribution is -0.139. The highest BCUT2D eigenvalue weighted by Crippen LogP contribution is 2.31. The van der Waals surface area contributed by atoms with E-state index < -0.39 is 52.3 Å². The number of rotatable bonds is 12. The minimum atomic E-state index is -4.20. The molecule has 2 saturated heterocycles. The normalized spacial score (nSPS) is 19.6. The number of likely N-dealkylation sites (tertiary alicyclic amines) is 2. The van der Waals surface area contributed by atoms with Crippen LogP contribution in [0.2, 0.25) is 0 Å². The second-order valence-electron chi connectivity index (χ2n) is 14.7. The molecule has 3 aliphatic heterocycles. The molecule has 5 amide bonds. The van der Waals surface area contributed by atoms with Crippen LogP contribution in [0.25, 0.3) is 0 Å². The molecule has 0 unspecified atom stereocenters. The summed E-state index contributed by atoms with van der Waals surface area (Å²) in [4.78, 5) is 80.2. The molecule has 56 heavy (non-hydrogen) atoms. The highest BCUT2D eigenvalue weighted by Gasteiger charge is 2.40. The minimum Gasteiger partial charge on any atom is -0.453 e. The molecule has 302 valence electrons. The van der Waals surface area contributed by atoms with Crippen molar-refractivity contribution >= 4 is 62.9 Å². The lowest BCUT2D eigenvalue weighted by Gasteiger charge is -2.30. The molecule has 2 aromatic rings. The maximum atomic E-state index is 13.5. The summed E-state index contributed by atoms with van der Waals surface area (Å²) in [7, 11) is -1.78. The molecule has 5 rings (SSSR count).